The normalized spacial score (nSPS) is 11.2. The molecule has 26 heavy (non-hydrogen) atoms. The highest BCUT2D eigenvalue weighted by Crippen LogP contribution is 2.37. The predicted molar refractivity (Wildman–Crippen MR) is 103 cm³/mol. The molecule has 2 aromatic carbocycles. The summed E-state index contributed by atoms with van der Waals surface area (Å²) in [4.78, 5) is 10.8. The maximum Gasteiger partial charge on any atom is 0.294 e. The number of phenols is 1. The summed E-state index contributed by atoms with van der Waals surface area (Å²) in [6, 6.07) is 9.22. The predicted octanol–water partition coefficient (Wildman–Crippen LogP) is 5.28. The highest BCUT2D eigenvalue weighted by Gasteiger charge is 2.16. The lowest BCUT2D eigenvalue weighted by Gasteiger charge is -2.14. The molecule has 0 fully saturated rings. The Hall–Kier alpha value is -2.25. The minimum atomic E-state index is -4.02. The minimum Gasteiger partial charge on any atom is -0.508 e. The number of rotatable bonds is 4. The fourth-order valence-electron chi connectivity index (χ4n) is 2.36. The zero-order chi connectivity index (χ0) is 20.1. The van der Waals surface area contributed by atoms with Crippen molar-refractivity contribution in [1.29, 1.82) is 0 Å². The molecule has 0 heterocycles. The van der Waals surface area contributed by atoms with E-state index in [2.05, 4.69) is 5.18 Å². The SMILES string of the molecule is CC(C)c1cc(O)cc(C(C)C)c1N=O.Cc1ccc(S(=O)(=O)O)cc1. The van der Waals surface area contributed by atoms with Gasteiger partial charge >= 0.3 is 0 Å². The van der Waals surface area contributed by atoms with Gasteiger partial charge in [0.15, 0.2) is 0 Å². The molecule has 6 nitrogen and oxygen atoms in total. The van der Waals surface area contributed by atoms with Crippen LogP contribution in [0.25, 0.3) is 0 Å². The van der Waals surface area contributed by atoms with Crippen LogP contribution in [-0.4, -0.2) is 18.1 Å². The zero-order valence-corrected chi connectivity index (χ0v) is 16.4. The van der Waals surface area contributed by atoms with E-state index in [0.29, 0.717) is 5.69 Å². The summed E-state index contributed by atoms with van der Waals surface area (Å²) in [5.74, 6) is 0.569. The fourth-order valence-corrected chi connectivity index (χ4v) is 2.84. The average Bonchev–Trinajstić information content (AvgIpc) is 2.54. The van der Waals surface area contributed by atoms with Crippen LogP contribution in [0.4, 0.5) is 5.69 Å². The second-order valence-electron chi connectivity index (χ2n) is 6.66. The Bertz CT molecular complexity index is 827. The molecule has 2 N–H and O–H groups in total. The highest BCUT2D eigenvalue weighted by atomic mass is 32.2. The first kappa shape index (κ1) is 21.8. The Morgan fingerprint density at radius 2 is 1.35 bits per heavy atom. The second kappa shape index (κ2) is 8.91. The van der Waals surface area contributed by atoms with Crippen LogP contribution < -0.4 is 0 Å². The Kier molecular flexibility index (Phi) is 7.47. The van der Waals surface area contributed by atoms with Gasteiger partial charge < -0.3 is 5.11 Å². The van der Waals surface area contributed by atoms with Gasteiger partial charge in [-0.2, -0.15) is 8.42 Å². The first-order valence-corrected chi connectivity index (χ1v) is 9.65. The third-order valence-electron chi connectivity index (χ3n) is 3.81. The van der Waals surface area contributed by atoms with Gasteiger partial charge in [0.1, 0.15) is 11.4 Å². The number of hydrogen-bond acceptors (Lipinski definition) is 5. The van der Waals surface area contributed by atoms with Gasteiger partial charge in [-0.3, -0.25) is 4.55 Å². The number of benzene rings is 2. The molecule has 0 bridgehead atoms. The topological polar surface area (TPSA) is 104 Å². The summed E-state index contributed by atoms with van der Waals surface area (Å²) in [6.07, 6.45) is 0. The van der Waals surface area contributed by atoms with Crippen LogP contribution in [-0.2, 0) is 10.1 Å². The van der Waals surface area contributed by atoms with Crippen molar-refractivity contribution in [3.05, 3.63) is 58.0 Å². The Balaban J connectivity index is 0.000000273. The van der Waals surface area contributed by atoms with E-state index in [1.807, 2.05) is 34.6 Å². The van der Waals surface area contributed by atoms with Crippen molar-refractivity contribution in [2.75, 3.05) is 0 Å². The van der Waals surface area contributed by atoms with E-state index in [1.54, 1.807) is 24.3 Å². The summed E-state index contributed by atoms with van der Waals surface area (Å²) >= 11 is 0. The maximum absolute atomic E-state index is 10.8. The molecule has 0 aliphatic rings. The van der Waals surface area contributed by atoms with Crippen LogP contribution in [0.5, 0.6) is 5.75 Å². The molecule has 0 saturated carbocycles. The molecule has 142 valence electrons. The third kappa shape index (κ3) is 5.93. The molecule has 0 amide bonds. The van der Waals surface area contributed by atoms with Gasteiger partial charge in [-0.15, -0.1) is 4.91 Å². The number of nitroso groups, excluding NO2 is 1. The van der Waals surface area contributed by atoms with E-state index in [-0.39, 0.29) is 22.5 Å². The quantitative estimate of drug-likeness (QED) is 0.555. The Labute approximate surface area is 154 Å². The van der Waals surface area contributed by atoms with Crippen LogP contribution in [0.15, 0.2) is 46.5 Å². The lowest BCUT2D eigenvalue weighted by Crippen LogP contribution is -1.96. The molecule has 2 aromatic rings. The van der Waals surface area contributed by atoms with Crippen LogP contribution in [0, 0.1) is 11.8 Å². The lowest BCUT2D eigenvalue weighted by molar-refractivity contribution is 0.472. The van der Waals surface area contributed by atoms with Crippen LogP contribution in [0.3, 0.4) is 0 Å². The monoisotopic (exact) mass is 379 g/mol. The molecule has 0 aromatic heterocycles. The highest BCUT2D eigenvalue weighted by molar-refractivity contribution is 7.85. The number of aryl methyl sites for hydroxylation is 1. The summed E-state index contributed by atoms with van der Waals surface area (Å²) in [7, 11) is -4.02. The van der Waals surface area contributed by atoms with E-state index in [1.165, 1.54) is 12.1 Å². The maximum atomic E-state index is 10.8. The summed E-state index contributed by atoms with van der Waals surface area (Å²) in [6.45, 7) is 9.76. The largest absolute Gasteiger partial charge is 0.508 e. The molecule has 2 rings (SSSR count). The van der Waals surface area contributed by atoms with Crippen molar-refractivity contribution in [1.82, 2.24) is 0 Å². The first-order chi connectivity index (χ1) is 12.0. The van der Waals surface area contributed by atoms with Crippen molar-refractivity contribution >= 4 is 15.8 Å². The van der Waals surface area contributed by atoms with Gasteiger partial charge in [0, 0.05) is 0 Å². The van der Waals surface area contributed by atoms with Gasteiger partial charge in [0.05, 0.1) is 4.90 Å². The molecule has 0 radical (unpaired) electrons. The summed E-state index contributed by atoms with van der Waals surface area (Å²) in [5, 5.41) is 12.7. The van der Waals surface area contributed by atoms with E-state index in [0.717, 1.165) is 16.7 Å². The molecular weight excluding hydrogens is 354 g/mol. The molecule has 0 saturated heterocycles. The van der Waals surface area contributed by atoms with Crippen molar-refractivity contribution < 1.29 is 18.1 Å². The lowest BCUT2D eigenvalue weighted by atomic mass is 9.92. The zero-order valence-electron chi connectivity index (χ0n) is 15.6. The van der Waals surface area contributed by atoms with Crippen molar-refractivity contribution in [2.45, 2.75) is 51.3 Å². The van der Waals surface area contributed by atoms with Crippen molar-refractivity contribution in [2.24, 2.45) is 5.18 Å². The van der Waals surface area contributed by atoms with E-state index < -0.39 is 10.1 Å². The van der Waals surface area contributed by atoms with Crippen LogP contribution in [0.1, 0.15) is 56.2 Å². The van der Waals surface area contributed by atoms with E-state index in [4.69, 9.17) is 4.55 Å². The molecule has 0 spiro atoms. The second-order valence-corrected chi connectivity index (χ2v) is 8.08. The first-order valence-electron chi connectivity index (χ1n) is 8.21. The Morgan fingerprint density at radius 3 is 1.65 bits per heavy atom. The third-order valence-corrected chi connectivity index (χ3v) is 4.68. The molecule has 7 heteroatoms. The minimum absolute atomic E-state index is 0.0666. The number of hydrogen-bond donors (Lipinski definition) is 2. The van der Waals surface area contributed by atoms with Crippen LogP contribution >= 0.6 is 0 Å². The van der Waals surface area contributed by atoms with Gasteiger partial charge in [-0.1, -0.05) is 45.4 Å². The molecule has 0 atom stereocenters. The fraction of sp³-hybridized carbons (Fsp3) is 0.368. The standard InChI is InChI=1S/C12H17NO2.C7H8O3S/c1-7(2)10-5-9(14)6-11(8(3)4)12(10)13-15;1-6-2-4-7(5-3-6)11(8,9)10/h5-8,14H,1-4H3;2-5H,1H3,(H,8,9,10). The molecule has 0 unspecified atom stereocenters. The molecule has 0 aliphatic carbocycles. The van der Waals surface area contributed by atoms with Gasteiger partial charge in [0.2, 0.25) is 0 Å². The smallest absolute Gasteiger partial charge is 0.294 e. The van der Waals surface area contributed by atoms with E-state index >= 15 is 0 Å². The van der Waals surface area contributed by atoms with Crippen molar-refractivity contribution in [3.8, 4) is 5.75 Å². The van der Waals surface area contributed by atoms with Gasteiger partial charge in [-0.25, -0.2) is 0 Å². The number of aromatic hydroxyl groups is 1. The average molecular weight is 379 g/mol. The molecule has 0 aliphatic heterocycles. The van der Waals surface area contributed by atoms with Gasteiger partial charge in [-0.05, 0) is 59.3 Å². The summed E-state index contributed by atoms with van der Waals surface area (Å²) < 4.78 is 29.6. The summed E-state index contributed by atoms with van der Waals surface area (Å²) in [5.41, 5.74) is 3.07. The van der Waals surface area contributed by atoms with Crippen LogP contribution in [0.2, 0.25) is 0 Å². The number of phenolic OH excluding ortho intramolecular Hbond substituents is 1. The Morgan fingerprint density at radius 1 is 0.923 bits per heavy atom. The van der Waals surface area contributed by atoms with Gasteiger partial charge in [0.25, 0.3) is 10.1 Å². The van der Waals surface area contributed by atoms with Crippen molar-refractivity contribution in [3.63, 3.8) is 0 Å². The molecular formula is C19H25NO5S. The number of nitrogens with zero attached hydrogens (tertiary/aromatic N) is 1. The van der Waals surface area contributed by atoms with E-state index in [9.17, 15) is 18.4 Å².